The predicted octanol–water partition coefficient (Wildman–Crippen LogP) is 3.24. The average molecular weight is 319 g/mol. The molecule has 1 aromatic rings. The van der Waals surface area contributed by atoms with Crippen LogP contribution in [0.25, 0.3) is 0 Å². The van der Waals surface area contributed by atoms with Crippen molar-refractivity contribution in [2.45, 2.75) is 45.3 Å². The van der Waals surface area contributed by atoms with Gasteiger partial charge in [0.2, 0.25) is 0 Å². The van der Waals surface area contributed by atoms with Gasteiger partial charge >= 0.3 is 12.1 Å². The molecule has 1 N–H and O–H groups in total. The first kappa shape index (κ1) is 18.7. The SMILES string of the molecule is COC(=O)CC=C[C@H](Cc1ccccc1)NC(=O)OC(C)(C)C. The van der Waals surface area contributed by atoms with E-state index in [1.807, 2.05) is 51.1 Å². The number of benzene rings is 1. The fourth-order valence-electron chi connectivity index (χ4n) is 1.91. The fraction of sp³-hybridized carbons (Fsp3) is 0.444. The minimum absolute atomic E-state index is 0.164. The molecule has 5 nitrogen and oxygen atoms in total. The average Bonchev–Trinajstić information content (AvgIpc) is 2.45. The number of amides is 1. The van der Waals surface area contributed by atoms with Crippen LogP contribution in [0.3, 0.4) is 0 Å². The molecular formula is C18H25NO4. The van der Waals surface area contributed by atoms with Crippen LogP contribution in [-0.2, 0) is 20.7 Å². The van der Waals surface area contributed by atoms with E-state index < -0.39 is 11.7 Å². The number of esters is 1. The van der Waals surface area contributed by atoms with Gasteiger partial charge in [-0.05, 0) is 32.8 Å². The second-order valence-electron chi connectivity index (χ2n) is 6.15. The van der Waals surface area contributed by atoms with Crippen LogP contribution in [0.15, 0.2) is 42.5 Å². The monoisotopic (exact) mass is 319 g/mol. The molecule has 0 heterocycles. The molecule has 0 radical (unpaired) electrons. The van der Waals surface area contributed by atoms with E-state index in [4.69, 9.17) is 4.74 Å². The Hall–Kier alpha value is -2.30. The molecule has 0 fully saturated rings. The first-order valence-electron chi connectivity index (χ1n) is 7.57. The van der Waals surface area contributed by atoms with Crippen molar-refractivity contribution in [2.24, 2.45) is 0 Å². The highest BCUT2D eigenvalue weighted by atomic mass is 16.6. The Labute approximate surface area is 137 Å². The van der Waals surface area contributed by atoms with Crippen LogP contribution in [-0.4, -0.2) is 30.8 Å². The quantitative estimate of drug-likeness (QED) is 0.646. The molecule has 0 saturated carbocycles. The number of alkyl carbamates (subject to hydrolysis) is 1. The van der Waals surface area contributed by atoms with Gasteiger partial charge in [0.1, 0.15) is 5.60 Å². The summed E-state index contributed by atoms with van der Waals surface area (Å²) >= 11 is 0. The number of methoxy groups -OCH3 is 1. The Morgan fingerprint density at radius 1 is 1.22 bits per heavy atom. The number of rotatable bonds is 6. The predicted molar refractivity (Wildman–Crippen MR) is 89.1 cm³/mol. The first-order chi connectivity index (χ1) is 10.8. The van der Waals surface area contributed by atoms with Crippen LogP contribution in [0, 0.1) is 0 Å². The van der Waals surface area contributed by atoms with Gasteiger partial charge in [0.25, 0.3) is 0 Å². The first-order valence-corrected chi connectivity index (χ1v) is 7.57. The van der Waals surface area contributed by atoms with Crippen LogP contribution in [0.4, 0.5) is 4.79 Å². The smallest absolute Gasteiger partial charge is 0.408 e. The standard InChI is InChI=1S/C18H25NO4/c1-18(2,3)23-17(21)19-15(11-8-12-16(20)22-4)13-14-9-6-5-7-10-14/h5-11,15H,12-13H2,1-4H3,(H,19,21)/t15-/m1/s1. The van der Waals surface area contributed by atoms with Crippen LogP contribution in [0.1, 0.15) is 32.8 Å². The normalized spacial score (nSPS) is 12.7. The summed E-state index contributed by atoms with van der Waals surface area (Å²) in [6, 6.07) is 9.52. The van der Waals surface area contributed by atoms with Crippen LogP contribution in [0.5, 0.6) is 0 Å². The van der Waals surface area contributed by atoms with Crippen molar-refractivity contribution in [1.82, 2.24) is 5.32 Å². The summed E-state index contributed by atoms with van der Waals surface area (Å²) in [5.74, 6) is -0.322. The molecule has 0 aromatic heterocycles. The molecule has 0 aliphatic rings. The van der Waals surface area contributed by atoms with E-state index in [0.717, 1.165) is 5.56 Å². The van der Waals surface area contributed by atoms with Crippen molar-refractivity contribution in [3.8, 4) is 0 Å². The maximum atomic E-state index is 12.0. The molecule has 0 bridgehead atoms. The van der Waals surface area contributed by atoms with E-state index in [-0.39, 0.29) is 18.4 Å². The number of ether oxygens (including phenoxy) is 2. The lowest BCUT2D eigenvalue weighted by molar-refractivity contribution is -0.139. The van der Waals surface area contributed by atoms with Crippen molar-refractivity contribution in [3.05, 3.63) is 48.0 Å². The maximum absolute atomic E-state index is 12.0. The van der Waals surface area contributed by atoms with Gasteiger partial charge in [-0.25, -0.2) is 4.79 Å². The number of nitrogens with one attached hydrogen (secondary N) is 1. The molecule has 0 aliphatic carbocycles. The molecule has 1 rings (SSSR count). The third-order valence-corrected chi connectivity index (χ3v) is 2.88. The third-order valence-electron chi connectivity index (χ3n) is 2.88. The molecule has 1 atom stereocenters. The minimum Gasteiger partial charge on any atom is -0.469 e. The Morgan fingerprint density at radius 2 is 1.87 bits per heavy atom. The van der Waals surface area contributed by atoms with Crippen molar-refractivity contribution in [2.75, 3.05) is 7.11 Å². The molecule has 23 heavy (non-hydrogen) atoms. The Kier molecular flexibility index (Phi) is 7.32. The van der Waals surface area contributed by atoms with Crippen molar-refractivity contribution in [3.63, 3.8) is 0 Å². The zero-order valence-electron chi connectivity index (χ0n) is 14.2. The fourth-order valence-corrected chi connectivity index (χ4v) is 1.91. The van der Waals surface area contributed by atoms with Gasteiger partial charge in [-0.15, -0.1) is 0 Å². The second-order valence-corrected chi connectivity index (χ2v) is 6.15. The summed E-state index contributed by atoms with van der Waals surface area (Å²) in [6.07, 6.45) is 3.77. The highest BCUT2D eigenvalue weighted by Crippen LogP contribution is 2.09. The van der Waals surface area contributed by atoms with Crippen LogP contribution < -0.4 is 5.32 Å². The van der Waals surface area contributed by atoms with Gasteiger partial charge < -0.3 is 14.8 Å². The molecule has 1 amide bonds. The molecule has 5 heteroatoms. The minimum atomic E-state index is -0.558. The molecule has 0 unspecified atom stereocenters. The Morgan fingerprint density at radius 3 is 2.43 bits per heavy atom. The lowest BCUT2D eigenvalue weighted by Crippen LogP contribution is -2.39. The lowest BCUT2D eigenvalue weighted by Gasteiger charge is -2.22. The molecule has 0 spiro atoms. The van der Waals surface area contributed by atoms with Crippen molar-refractivity contribution < 1.29 is 19.1 Å². The zero-order chi connectivity index (χ0) is 17.3. The van der Waals surface area contributed by atoms with Crippen molar-refractivity contribution >= 4 is 12.1 Å². The highest BCUT2D eigenvalue weighted by Gasteiger charge is 2.18. The van der Waals surface area contributed by atoms with Crippen LogP contribution in [0.2, 0.25) is 0 Å². The van der Waals surface area contributed by atoms with Crippen LogP contribution >= 0.6 is 0 Å². The van der Waals surface area contributed by atoms with E-state index in [1.165, 1.54) is 7.11 Å². The van der Waals surface area contributed by atoms with Crippen molar-refractivity contribution in [1.29, 1.82) is 0 Å². The summed E-state index contributed by atoms with van der Waals surface area (Å²) in [6.45, 7) is 5.43. The number of carbonyl (C=O) groups is 2. The highest BCUT2D eigenvalue weighted by molar-refractivity contribution is 5.71. The van der Waals surface area contributed by atoms with E-state index in [9.17, 15) is 9.59 Å². The van der Waals surface area contributed by atoms with E-state index in [0.29, 0.717) is 6.42 Å². The topological polar surface area (TPSA) is 64.6 Å². The van der Waals surface area contributed by atoms with Gasteiger partial charge in [0.05, 0.1) is 19.6 Å². The van der Waals surface area contributed by atoms with Gasteiger partial charge in [0, 0.05) is 0 Å². The number of carbonyl (C=O) groups excluding carboxylic acids is 2. The number of hydrogen-bond donors (Lipinski definition) is 1. The molecule has 1 aromatic carbocycles. The third kappa shape index (κ3) is 8.66. The number of hydrogen-bond acceptors (Lipinski definition) is 4. The van der Waals surface area contributed by atoms with E-state index in [2.05, 4.69) is 10.1 Å². The maximum Gasteiger partial charge on any atom is 0.408 e. The van der Waals surface area contributed by atoms with E-state index >= 15 is 0 Å². The molecule has 126 valence electrons. The van der Waals surface area contributed by atoms with Gasteiger partial charge in [-0.2, -0.15) is 0 Å². The summed E-state index contributed by atoms with van der Waals surface area (Å²) in [5.41, 5.74) is 0.521. The Bertz CT molecular complexity index is 532. The van der Waals surface area contributed by atoms with Gasteiger partial charge in [0.15, 0.2) is 0 Å². The molecule has 0 saturated heterocycles. The Balaban J connectivity index is 2.71. The molecule has 0 aliphatic heterocycles. The largest absolute Gasteiger partial charge is 0.469 e. The van der Waals surface area contributed by atoms with Gasteiger partial charge in [-0.3, -0.25) is 4.79 Å². The second kappa shape index (κ2) is 8.98. The summed E-state index contributed by atoms with van der Waals surface area (Å²) in [5, 5.41) is 2.81. The zero-order valence-corrected chi connectivity index (χ0v) is 14.2. The summed E-state index contributed by atoms with van der Waals surface area (Å²) in [7, 11) is 1.34. The van der Waals surface area contributed by atoms with E-state index in [1.54, 1.807) is 12.2 Å². The van der Waals surface area contributed by atoms with Gasteiger partial charge in [-0.1, -0.05) is 42.5 Å². The summed E-state index contributed by atoms with van der Waals surface area (Å²) in [4.78, 5) is 23.1. The lowest BCUT2D eigenvalue weighted by atomic mass is 10.1. The summed E-state index contributed by atoms with van der Waals surface area (Å²) < 4.78 is 9.87. The molecular weight excluding hydrogens is 294 g/mol.